The summed E-state index contributed by atoms with van der Waals surface area (Å²) >= 11 is 0. The summed E-state index contributed by atoms with van der Waals surface area (Å²) in [5.74, 6) is 0.551. The fourth-order valence-corrected chi connectivity index (χ4v) is 2.68. The molecule has 0 aromatic heterocycles. The molecule has 2 rings (SSSR count). The van der Waals surface area contributed by atoms with Gasteiger partial charge in [0.25, 0.3) is 5.69 Å². The SMILES string of the molecule is O=C(O)Nc1ccc(NCC2CCCCC2)c([N+](=O)[O-])c1. The molecule has 0 heterocycles. The van der Waals surface area contributed by atoms with E-state index in [2.05, 4.69) is 10.6 Å². The topological polar surface area (TPSA) is 104 Å². The molecule has 0 saturated heterocycles. The van der Waals surface area contributed by atoms with Gasteiger partial charge in [-0.05, 0) is 30.9 Å². The lowest BCUT2D eigenvalue weighted by molar-refractivity contribution is -0.383. The van der Waals surface area contributed by atoms with Crippen LogP contribution in [0.15, 0.2) is 18.2 Å². The Labute approximate surface area is 122 Å². The highest BCUT2D eigenvalue weighted by molar-refractivity contribution is 5.84. The van der Waals surface area contributed by atoms with E-state index in [1.807, 2.05) is 0 Å². The van der Waals surface area contributed by atoms with Crippen LogP contribution in [0.5, 0.6) is 0 Å². The van der Waals surface area contributed by atoms with Crippen molar-refractivity contribution in [1.29, 1.82) is 0 Å². The van der Waals surface area contributed by atoms with E-state index in [-0.39, 0.29) is 11.4 Å². The second-order valence-electron chi connectivity index (χ2n) is 5.30. The van der Waals surface area contributed by atoms with Crippen molar-refractivity contribution >= 4 is 23.2 Å². The van der Waals surface area contributed by atoms with Gasteiger partial charge in [-0.2, -0.15) is 0 Å². The number of hydrogen-bond donors (Lipinski definition) is 3. The molecule has 7 heteroatoms. The molecule has 0 bridgehead atoms. The van der Waals surface area contributed by atoms with Crippen molar-refractivity contribution in [2.75, 3.05) is 17.2 Å². The lowest BCUT2D eigenvalue weighted by atomic mass is 9.89. The van der Waals surface area contributed by atoms with Gasteiger partial charge in [-0.25, -0.2) is 4.79 Å². The van der Waals surface area contributed by atoms with Crippen LogP contribution >= 0.6 is 0 Å². The molecule has 0 aliphatic heterocycles. The minimum absolute atomic E-state index is 0.114. The van der Waals surface area contributed by atoms with E-state index in [0.717, 1.165) is 12.8 Å². The summed E-state index contributed by atoms with van der Waals surface area (Å²) in [4.78, 5) is 21.2. The highest BCUT2D eigenvalue weighted by Gasteiger charge is 2.18. The first-order valence-corrected chi connectivity index (χ1v) is 7.08. The van der Waals surface area contributed by atoms with Gasteiger partial charge in [-0.1, -0.05) is 19.3 Å². The van der Waals surface area contributed by atoms with E-state index in [1.54, 1.807) is 6.07 Å². The average Bonchev–Trinajstić information content (AvgIpc) is 2.46. The van der Waals surface area contributed by atoms with Gasteiger partial charge < -0.3 is 10.4 Å². The molecule has 1 aromatic rings. The zero-order valence-electron chi connectivity index (χ0n) is 11.7. The van der Waals surface area contributed by atoms with Crippen LogP contribution < -0.4 is 10.6 Å². The van der Waals surface area contributed by atoms with Gasteiger partial charge in [0.2, 0.25) is 0 Å². The second-order valence-corrected chi connectivity index (χ2v) is 5.30. The lowest BCUT2D eigenvalue weighted by Crippen LogP contribution is -2.17. The summed E-state index contributed by atoms with van der Waals surface area (Å²) in [7, 11) is 0. The van der Waals surface area contributed by atoms with E-state index in [0.29, 0.717) is 18.2 Å². The van der Waals surface area contributed by atoms with Crippen LogP contribution in [0.1, 0.15) is 32.1 Å². The third-order valence-corrected chi connectivity index (χ3v) is 3.75. The highest BCUT2D eigenvalue weighted by Crippen LogP contribution is 2.30. The molecule has 3 N–H and O–H groups in total. The van der Waals surface area contributed by atoms with Crippen molar-refractivity contribution in [3.63, 3.8) is 0 Å². The molecular formula is C14H19N3O4. The predicted molar refractivity (Wildman–Crippen MR) is 79.8 cm³/mol. The molecule has 0 unspecified atom stereocenters. The molecule has 1 fully saturated rings. The summed E-state index contributed by atoms with van der Waals surface area (Å²) in [6.45, 7) is 0.715. The first kappa shape index (κ1) is 15.1. The number of rotatable bonds is 5. The molecule has 114 valence electrons. The van der Waals surface area contributed by atoms with Crippen molar-refractivity contribution < 1.29 is 14.8 Å². The maximum Gasteiger partial charge on any atom is 0.409 e. The van der Waals surface area contributed by atoms with E-state index in [4.69, 9.17) is 5.11 Å². The number of carbonyl (C=O) groups is 1. The Hall–Kier alpha value is -2.31. The number of nitrogens with one attached hydrogen (secondary N) is 2. The first-order valence-electron chi connectivity index (χ1n) is 7.08. The van der Waals surface area contributed by atoms with Gasteiger partial charge in [0.05, 0.1) is 10.6 Å². The smallest absolute Gasteiger partial charge is 0.409 e. The Morgan fingerprint density at radius 2 is 2.05 bits per heavy atom. The van der Waals surface area contributed by atoms with Gasteiger partial charge in [0.1, 0.15) is 5.69 Å². The quantitative estimate of drug-likeness (QED) is 0.567. The summed E-state index contributed by atoms with van der Waals surface area (Å²) in [5.41, 5.74) is 0.510. The third-order valence-electron chi connectivity index (χ3n) is 3.75. The molecule has 21 heavy (non-hydrogen) atoms. The number of nitro benzene ring substituents is 1. The fourth-order valence-electron chi connectivity index (χ4n) is 2.68. The van der Waals surface area contributed by atoms with Crippen LogP contribution in [0.2, 0.25) is 0 Å². The van der Waals surface area contributed by atoms with Crippen molar-refractivity contribution in [2.45, 2.75) is 32.1 Å². The molecular weight excluding hydrogens is 274 g/mol. The van der Waals surface area contributed by atoms with Crippen LogP contribution in [0.3, 0.4) is 0 Å². The zero-order chi connectivity index (χ0) is 15.2. The molecule has 1 aliphatic carbocycles. The van der Waals surface area contributed by atoms with Crippen molar-refractivity contribution in [3.8, 4) is 0 Å². The molecule has 1 aliphatic rings. The Kier molecular flexibility index (Phi) is 4.97. The largest absolute Gasteiger partial charge is 0.465 e. The number of benzene rings is 1. The number of hydrogen-bond acceptors (Lipinski definition) is 4. The lowest BCUT2D eigenvalue weighted by Gasteiger charge is -2.22. The van der Waals surface area contributed by atoms with Gasteiger partial charge in [-0.15, -0.1) is 0 Å². The Morgan fingerprint density at radius 1 is 1.33 bits per heavy atom. The zero-order valence-corrected chi connectivity index (χ0v) is 11.7. The van der Waals surface area contributed by atoms with E-state index >= 15 is 0 Å². The van der Waals surface area contributed by atoms with Crippen molar-refractivity contribution in [3.05, 3.63) is 28.3 Å². The van der Waals surface area contributed by atoms with Gasteiger partial charge >= 0.3 is 6.09 Å². The van der Waals surface area contributed by atoms with Gasteiger partial charge in [0.15, 0.2) is 0 Å². The molecule has 0 radical (unpaired) electrons. The number of carboxylic acid groups (broad SMARTS) is 1. The molecule has 7 nitrogen and oxygen atoms in total. The van der Waals surface area contributed by atoms with E-state index in [9.17, 15) is 14.9 Å². The number of nitro groups is 1. The van der Waals surface area contributed by atoms with Crippen molar-refractivity contribution in [2.24, 2.45) is 5.92 Å². The number of nitrogens with zero attached hydrogens (tertiary/aromatic N) is 1. The van der Waals surface area contributed by atoms with E-state index < -0.39 is 11.0 Å². The van der Waals surface area contributed by atoms with Crippen LogP contribution in [0, 0.1) is 16.0 Å². The highest BCUT2D eigenvalue weighted by atomic mass is 16.6. The summed E-state index contributed by atoms with van der Waals surface area (Å²) in [6, 6.07) is 4.30. The monoisotopic (exact) mass is 293 g/mol. The van der Waals surface area contributed by atoms with E-state index in [1.165, 1.54) is 31.4 Å². The Balaban J connectivity index is 2.06. The van der Waals surface area contributed by atoms with Crippen LogP contribution in [0.4, 0.5) is 21.9 Å². The normalized spacial score (nSPS) is 15.4. The Bertz CT molecular complexity index is 527. The molecule has 1 amide bonds. The van der Waals surface area contributed by atoms with Crippen LogP contribution in [-0.4, -0.2) is 22.7 Å². The van der Waals surface area contributed by atoms with Gasteiger partial charge in [0, 0.05) is 12.6 Å². The molecule has 1 aromatic carbocycles. The standard InChI is InChI=1S/C14H19N3O4/c18-14(19)16-11-6-7-12(13(8-11)17(20)21)15-9-10-4-2-1-3-5-10/h6-8,10,15-16H,1-5,9H2,(H,18,19). The predicted octanol–water partition coefficient (Wildman–Crippen LogP) is 3.68. The minimum atomic E-state index is -1.24. The van der Waals surface area contributed by atoms with Crippen LogP contribution in [-0.2, 0) is 0 Å². The first-order chi connectivity index (χ1) is 10.1. The van der Waals surface area contributed by atoms with Gasteiger partial charge in [-0.3, -0.25) is 15.4 Å². The summed E-state index contributed by atoms with van der Waals surface area (Å²) < 4.78 is 0. The summed E-state index contributed by atoms with van der Waals surface area (Å²) in [6.07, 6.45) is 4.77. The average molecular weight is 293 g/mol. The Morgan fingerprint density at radius 3 is 2.67 bits per heavy atom. The van der Waals surface area contributed by atoms with Crippen LogP contribution in [0.25, 0.3) is 0 Å². The molecule has 0 atom stereocenters. The summed E-state index contributed by atoms with van der Waals surface area (Å²) in [5, 5.41) is 25.0. The molecule has 1 saturated carbocycles. The second kappa shape index (κ2) is 6.92. The van der Waals surface area contributed by atoms with Crippen molar-refractivity contribution in [1.82, 2.24) is 0 Å². The maximum atomic E-state index is 11.1. The number of anilines is 2. The fraction of sp³-hybridized carbons (Fsp3) is 0.500. The molecule has 0 spiro atoms. The minimum Gasteiger partial charge on any atom is -0.465 e. The third kappa shape index (κ3) is 4.34. The maximum absolute atomic E-state index is 11.1. The number of amides is 1.